The van der Waals surface area contributed by atoms with Gasteiger partial charge < -0.3 is 10.1 Å². The molecule has 1 aromatic carbocycles. The van der Waals surface area contributed by atoms with Crippen LogP contribution in [0.4, 0.5) is 0 Å². The van der Waals surface area contributed by atoms with Crippen LogP contribution in [0.5, 0.6) is 5.75 Å². The summed E-state index contributed by atoms with van der Waals surface area (Å²) < 4.78 is 5.20. The zero-order valence-corrected chi connectivity index (χ0v) is 13.2. The highest BCUT2D eigenvalue weighted by Crippen LogP contribution is 2.14. The van der Waals surface area contributed by atoms with Gasteiger partial charge in [0.25, 0.3) is 0 Å². The van der Waals surface area contributed by atoms with Crippen LogP contribution in [0.3, 0.4) is 0 Å². The molecule has 0 unspecified atom stereocenters. The lowest BCUT2D eigenvalue weighted by Crippen LogP contribution is -2.46. The molecule has 0 aromatic heterocycles. The molecule has 0 aliphatic carbocycles. The van der Waals surface area contributed by atoms with Crippen molar-refractivity contribution >= 4 is 5.91 Å². The van der Waals surface area contributed by atoms with Crippen LogP contribution in [-0.4, -0.2) is 37.0 Å². The van der Waals surface area contributed by atoms with Gasteiger partial charge in [-0.15, -0.1) is 0 Å². The molecule has 1 amide bonds. The molecular weight excluding hydrogens is 252 g/mol. The van der Waals surface area contributed by atoms with Gasteiger partial charge in [-0.2, -0.15) is 0 Å². The van der Waals surface area contributed by atoms with Crippen molar-refractivity contribution in [3.63, 3.8) is 0 Å². The van der Waals surface area contributed by atoms with E-state index >= 15 is 0 Å². The average Bonchev–Trinajstić information content (AvgIpc) is 2.37. The molecule has 20 heavy (non-hydrogen) atoms. The largest absolute Gasteiger partial charge is 0.497 e. The Hall–Kier alpha value is -1.55. The first-order chi connectivity index (χ1) is 9.36. The maximum Gasteiger partial charge on any atom is 0.234 e. The lowest BCUT2D eigenvalue weighted by atomic mass is 10.0. The Kier molecular flexibility index (Phi) is 6.02. The molecule has 0 heterocycles. The predicted molar refractivity (Wildman–Crippen MR) is 81.8 cm³/mol. The third kappa shape index (κ3) is 5.61. The summed E-state index contributed by atoms with van der Waals surface area (Å²) in [6.07, 6.45) is 0.915. The van der Waals surface area contributed by atoms with Gasteiger partial charge in [0.05, 0.1) is 13.7 Å². The second-order valence-corrected chi connectivity index (χ2v) is 5.81. The first kappa shape index (κ1) is 16.5. The molecule has 0 fully saturated rings. The van der Waals surface area contributed by atoms with Gasteiger partial charge in [-0.3, -0.25) is 9.69 Å². The van der Waals surface area contributed by atoms with Gasteiger partial charge in [0, 0.05) is 12.1 Å². The van der Waals surface area contributed by atoms with Gasteiger partial charge in [0.15, 0.2) is 0 Å². The van der Waals surface area contributed by atoms with E-state index in [1.165, 1.54) is 0 Å². The minimum atomic E-state index is -0.145. The third-order valence-electron chi connectivity index (χ3n) is 3.36. The highest BCUT2D eigenvalue weighted by molar-refractivity contribution is 5.78. The smallest absolute Gasteiger partial charge is 0.234 e. The van der Waals surface area contributed by atoms with Crippen LogP contribution in [0.1, 0.15) is 32.8 Å². The van der Waals surface area contributed by atoms with Gasteiger partial charge in [-0.1, -0.05) is 19.1 Å². The summed E-state index contributed by atoms with van der Waals surface area (Å²) in [5.74, 6) is 0.898. The van der Waals surface area contributed by atoms with Crippen LogP contribution in [0.15, 0.2) is 24.3 Å². The van der Waals surface area contributed by atoms with Crippen molar-refractivity contribution in [2.75, 3.05) is 20.7 Å². The molecule has 1 aromatic rings. The van der Waals surface area contributed by atoms with Crippen LogP contribution in [0.2, 0.25) is 0 Å². The van der Waals surface area contributed by atoms with Crippen LogP contribution >= 0.6 is 0 Å². The number of amides is 1. The number of methoxy groups -OCH3 is 1. The SMILES string of the molecule is CCC(C)(C)NC(=O)CN(C)Cc1cccc(OC)c1. The van der Waals surface area contributed by atoms with E-state index < -0.39 is 0 Å². The number of hydrogen-bond donors (Lipinski definition) is 1. The van der Waals surface area contributed by atoms with Crippen LogP contribution in [0.25, 0.3) is 0 Å². The Balaban J connectivity index is 2.50. The molecule has 0 aliphatic rings. The Morgan fingerprint density at radius 1 is 1.40 bits per heavy atom. The summed E-state index contributed by atoms with van der Waals surface area (Å²) in [6.45, 7) is 7.25. The molecule has 0 saturated carbocycles. The van der Waals surface area contributed by atoms with Gasteiger partial charge >= 0.3 is 0 Å². The maximum atomic E-state index is 12.0. The third-order valence-corrected chi connectivity index (χ3v) is 3.36. The Labute approximate surface area is 122 Å². The molecule has 0 atom stereocenters. The number of carbonyl (C=O) groups excluding carboxylic acids is 1. The summed E-state index contributed by atoms with van der Waals surface area (Å²) in [5.41, 5.74) is 0.989. The van der Waals surface area contributed by atoms with Crippen molar-refractivity contribution < 1.29 is 9.53 Å². The molecule has 112 valence electrons. The van der Waals surface area contributed by atoms with Crippen molar-refractivity contribution in [1.29, 1.82) is 0 Å². The van der Waals surface area contributed by atoms with Crippen LogP contribution in [0, 0.1) is 0 Å². The zero-order valence-electron chi connectivity index (χ0n) is 13.2. The zero-order chi connectivity index (χ0) is 15.2. The predicted octanol–water partition coefficient (Wildman–Crippen LogP) is 2.43. The van der Waals surface area contributed by atoms with Gasteiger partial charge in [0.2, 0.25) is 5.91 Å². The normalized spacial score (nSPS) is 11.5. The monoisotopic (exact) mass is 278 g/mol. The number of likely N-dealkylation sites (N-methyl/N-ethyl adjacent to an activating group) is 1. The fraction of sp³-hybridized carbons (Fsp3) is 0.562. The number of hydrogen-bond acceptors (Lipinski definition) is 3. The first-order valence-corrected chi connectivity index (χ1v) is 6.99. The fourth-order valence-electron chi connectivity index (χ4n) is 1.89. The second kappa shape index (κ2) is 7.29. The van der Waals surface area contributed by atoms with Crippen molar-refractivity contribution in [2.45, 2.75) is 39.3 Å². The standard InChI is InChI=1S/C16H26N2O2/c1-6-16(2,3)17-15(19)12-18(4)11-13-8-7-9-14(10-13)20-5/h7-10H,6,11-12H2,1-5H3,(H,17,19). The first-order valence-electron chi connectivity index (χ1n) is 6.99. The molecule has 0 bridgehead atoms. The number of rotatable bonds is 7. The molecule has 1 N–H and O–H groups in total. The fourth-order valence-corrected chi connectivity index (χ4v) is 1.89. The minimum Gasteiger partial charge on any atom is -0.497 e. The minimum absolute atomic E-state index is 0.0576. The van der Waals surface area contributed by atoms with Gasteiger partial charge in [0.1, 0.15) is 5.75 Å². The van der Waals surface area contributed by atoms with E-state index in [1.807, 2.05) is 50.1 Å². The van der Waals surface area contributed by atoms with Crippen molar-refractivity contribution in [1.82, 2.24) is 10.2 Å². The van der Waals surface area contributed by atoms with Gasteiger partial charge in [-0.25, -0.2) is 0 Å². The molecule has 0 saturated heterocycles. The molecule has 0 spiro atoms. The van der Waals surface area contributed by atoms with E-state index in [0.717, 1.165) is 24.3 Å². The summed E-state index contributed by atoms with van der Waals surface area (Å²) >= 11 is 0. The molecule has 0 radical (unpaired) electrons. The number of nitrogens with one attached hydrogen (secondary N) is 1. The van der Waals surface area contributed by atoms with E-state index in [4.69, 9.17) is 4.74 Å². The summed E-state index contributed by atoms with van der Waals surface area (Å²) in [4.78, 5) is 14.0. The number of ether oxygens (including phenoxy) is 1. The molecular formula is C16H26N2O2. The van der Waals surface area contributed by atoms with Crippen molar-refractivity contribution in [3.8, 4) is 5.75 Å². The molecule has 1 rings (SSSR count). The summed E-state index contributed by atoms with van der Waals surface area (Å²) in [6, 6.07) is 7.90. The Morgan fingerprint density at radius 3 is 2.70 bits per heavy atom. The van der Waals surface area contributed by atoms with Crippen molar-refractivity contribution in [3.05, 3.63) is 29.8 Å². The molecule has 4 nitrogen and oxygen atoms in total. The Bertz CT molecular complexity index is 444. The lowest BCUT2D eigenvalue weighted by molar-refractivity contribution is -0.123. The highest BCUT2D eigenvalue weighted by atomic mass is 16.5. The number of nitrogens with zero attached hydrogens (tertiary/aromatic N) is 1. The van der Waals surface area contributed by atoms with Crippen molar-refractivity contribution in [2.24, 2.45) is 0 Å². The topological polar surface area (TPSA) is 41.6 Å². The van der Waals surface area contributed by atoms with E-state index in [9.17, 15) is 4.79 Å². The van der Waals surface area contributed by atoms with E-state index in [-0.39, 0.29) is 11.4 Å². The van der Waals surface area contributed by atoms with Crippen LogP contribution < -0.4 is 10.1 Å². The lowest BCUT2D eigenvalue weighted by Gasteiger charge is -2.26. The summed E-state index contributed by atoms with van der Waals surface area (Å²) in [5, 5.41) is 3.04. The second-order valence-electron chi connectivity index (χ2n) is 5.81. The van der Waals surface area contributed by atoms with E-state index in [0.29, 0.717) is 6.54 Å². The van der Waals surface area contributed by atoms with E-state index in [1.54, 1.807) is 7.11 Å². The van der Waals surface area contributed by atoms with Crippen LogP contribution in [-0.2, 0) is 11.3 Å². The molecule has 0 aliphatic heterocycles. The number of carbonyl (C=O) groups is 1. The quantitative estimate of drug-likeness (QED) is 0.833. The van der Waals surface area contributed by atoms with Gasteiger partial charge in [-0.05, 0) is 45.0 Å². The van der Waals surface area contributed by atoms with E-state index in [2.05, 4.69) is 12.2 Å². The highest BCUT2D eigenvalue weighted by Gasteiger charge is 2.18. The molecule has 4 heteroatoms. The number of benzene rings is 1. The maximum absolute atomic E-state index is 12.0. The summed E-state index contributed by atoms with van der Waals surface area (Å²) in [7, 11) is 3.60. The Morgan fingerprint density at radius 2 is 2.10 bits per heavy atom. The average molecular weight is 278 g/mol.